The minimum Gasteiger partial charge on any atom is -0.467 e. The zero-order valence-electron chi connectivity index (χ0n) is 10.3. The fraction of sp³-hybridized carbons (Fsp3) is 0.231. The quantitative estimate of drug-likeness (QED) is 0.829. The molecule has 0 saturated heterocycles. The van der Waals surface area contributed by atoms with Gasteiger partial charge in [-0.25, -0.2) is 4.98 Å². The number of anilines is 1. The van der Waals surface area contributed by atoms with Crippen molar-refractivity contribution in [3.05, 3.63) is 47.5 Å². The summed E-state index contributed by atoms with van der Waals surface area (Å²) in [4.78, 5) is 4.77. The molecule has 0 radical (unpaired) electrons. The summed E-state index contributed by atoms with van der Waals surface area (Å²) < 4.78 is 5.33. The second-order valence-corrected chi connectivity index (χ2v) is 4.57. The van der Waals surface area contributed by atoms with Gasteiger partial charge in [-0.3, -0.25) is 0 Å². The van der Waals surface area contributed by atoms with Gasteiger partial charge in [0, 0.05) is 11.3 Å². The van der Waals surface area contributed by atoms with Crippen LogP contribution in [-0.4, -0.2) is 9.97 Å². The maximum atomic E-state index is 5.63. The summed E-state index contributed by atoms with van der Waals surface area (Å²) in [7, 11) is 0. The van der Waals surface area contributed by atoms with Crippen molar-refractivity contribution in [3.63, 3.8) is 0 Å². The number of hydrogen-bond donors (Lipinski definition) is 2. The Morgan fingerprint density at radius 2 is 2.28 bits per heavy atom. The highest BCUT2D eigenvalue weighted by atomic mass is 32.1. The van der Waals surface area contributed by atoms with Crippen molar-refractivity contribution >= 4 is 23.0 Å². The number of rotatable bonds is 4. The summed E-state index contributed by atoms with van der Waals surface area (Å²) >= 11 is 4.98. The molecule has 4 nitrogen and oxygen atoms in total. The van der Waals surface area contributed by atoms with E-state index in [-0.39, 0.29) is 6.04 Å². The molecule has 3 N–H and O–H groups in total. The van der Waals surface area contributed by atoms with E-state index in [0.29, 0.717) is 4.99 Å². The van der Waals surface area contributed by atoms with Gasteiger partial charge in [0.05, 0.1) is 12.3 Å². The van der Waals surface area contributed by atoms with Gasteiger partial charge < -0.3 is 15.5 Å². The fourth-order valence-electron chi connectivity index (χ4n) is 1.72. The predicted molar refractivity (Wildman–Crippen MR) is 75.6 cm³/mol. The third-order valence-corrected chi connectivity index (χ3v) is 2.81. The van der Waals surface area contributed by atoms with E-state index in [1.54, 1.807) is 6.26 Å². The topological polar surface area (TPSA) is 64.1 Å². The van der Waals surface area contributed by atoms with E-state index in [1.165, 1.54) is 0 Å². The molecule has 0 spiro atoms. The Kier molecular flexibility index (Phi) is 3.62. The van der Waals surface area contributed by atoms with Crippen LogP contribution in [0.3, 0.4) is 0 Å². The van der Waals surface area contributed by atoms with Gasteiger partial charge in [0.25, 0.3) is 0 Å². The van der Waals surface area contributed by atoms with Crippen molar-refractivity contribution in [2.24, 2.45) is 5.73 Å². The maximum Gasteiger partial charge on any atom is 0.127 e. The molecule has 94 valence electrons. The third-order valence-electron chi connectivity index (χ3n) is 2.57. The van der Waals surface area contributed by atoms with Crippen LogP contribution in [0.5, 0.6) is 0 Å². The molecule has 1 atom stereocenters. The number of nitrogens with two attached hydrogens (primary N) is 1. The molecule has 1 unspecified atom stereocenters. The smallest absolute Gasteiger partial charge is 0.127 e. The molecule has 0 saturated carbocycles. The first kappa shape index (κ1) is 12.6. The number of pyridine rings is 1. The van der Waals surface area contributed by atoms with Crippen molar-refractivity contribution in [3.8, 4) is 0 Å². The first-order valence-corrected chi connectivity index (χ1v) is 6.05. The molecule has 0 aromatic carbocycles. The summed E-state index contributed by atoms with van der Waals surface area (Å²) in [5.74, 6) is 1.59. The average molecular weight is 261 g/mol. The van der Waals surface area contributed by atoms with Crippen LogP contribution >= 0.6 is 12.2 Å². The highest BCUT2D eigenvalue weighted by Gasteiger charge is 2.10. The van der Waals surface area contributed by atoms with Crippen molar-refractivity contribution < 1.29 is 4.42 Å². The van der Waals surface area contributed by atoms with E-state index in [4.69, 9.17) is 22.4 Å². The number of aryl methyl sites for hydroxylation is 1. The molecule has 0 fully saturated rings. The Morgan fingerprint density at radius 1 is 1.50 bits per heavy atom. The second kappa shape index (κ2) is 5.18. The molecule has 2 aromatic heterocycles. The lowest BCUT2D eigenvalue weighted by atomic mass is 10.2. The van der Waals surface area contributed by atoms with E-state index in [1.807, 2.05) is 38.1 Å². The Morgan fingerprint density at radius 3 is 2.89 bits per heavy atom. The van der Waals surface area contributed by atoms with E-state index in [9.17, 15) is 0 Å². The molecule has 2 rings (SSSR count). The van der Waals surface area contributed by atoms with Crippen LogP contribution in [0.25, 0.3) is 0 Å². The maximum absolute atomic E-state index is 5.63. The summed E-state index contributed by atoms with van der Waals surface area (Å²) in [6, 6.07) is 7.52. The first-order chi connectivity index (χ1) is 8.56. The zero-order chi connectivity index (χ0) is 13.1. The molecular weight excluding hydrogens is 246 g/mol. The number of nitrogens with zero attached hydrogens (tertiary/aromatic N) is 1. The summed E-state index contributed by atoms with van der Waals surface area (Å²) in [6.07, 6.45) is 1.65. The largest absolute Gasteiger partial charge is 0.467 e. The Balaban J connectivity index is 2.21. The first-order valence-electron chi connectivity index (χ1n) is 5.64. The molecule has 2 aromatic rings. The normalized spacial score (nSPS) is 12.1. The van der Waals surface area contributed by atoms with Crippen molar-refractivity contribution in [2.75, 3.05) is 5.32 Å². The minimum absolute atomic E-state index is 0.0356. The lowest BCUT2D eigenvalue weighted by Crippen LogP contribution is -2.13. The molecule has 0 aliphatic rings. The van der Waals surface area contributed by atoms with Crippen LogP contribution in [0.1, 0.15) is 30.0 Å². The molecule has 2 heterocycles. The molecule has 18 heavy (non-hydrogen) atoms. The number of furan rings is 1. The Labute approximate surface area is 111 Å². The van der Waals surface area contributed by atoms with Gasteiger partial charge in [-0.1, -0.05) is 12.2 Å². The molecule has 5 heteroatoms. The molecule has 0 aliphatic heterocycles. The Bertz CT molecular complexity index is 551. The van der Waals surface area contributed by atoms with Gasteiger partial charge in [-0.05, 0) is 38.1 Å². The number of hydrogen-bond acceptors (Lipinski definition) is 4. The third kappa shape index (κ3) is 2.87. The lowest BCUT2D eigenvalue weighted by Gasteiger charge is -2.13. The van der Waals surface area contributed by atoms with Crippen molar-refractivity contribution in [1.29, 1.82) is 0 Å². The zero-order valence-corrected chi connectivity index (χ0v) is 11.1. The van der Waals surface area contributed by atoms with E-state index < -0.39 is 0 Å². The van der Waals surface area contributed by atoms with Gasteiger partial charge in [0.1, 0.15) is 16.6 Å². The number of thiocarbonyl (C=S) groups is 1. The number of aromatic nitrogens is 1. The standard InChI is InChI=1S/C13H15N3OS/c1-8-6-10(13(14)18)7-12(15-8)16-9(2)11-4-3-5-17-11/h3-7,9H,1-2H3,(H2,14,18)(H,15,16). The van der Waals surface area contributed by atoms with Crippen LogP contribution in [0, 0.1) is 6.92 Å². The van der Waals surface area contributed by atoms with Crippen LogP contribution in [0.4, 0.5) is 5.82 Å². The van der Waals surface area contributed by atoms with E-state index in [2.05, 4.69) is 10.3 Å². The van der Waals surface area contributed by atoms with Crippen LogP contribution < -0.4 is 11.1 Å². The van der Waals surface area contributed by atoms with Gasteiger partial charge in [0.2, 0.25) is 0 Å². The van der Waals surface area contributed by atoms with Crippen LogP contribution in [-0.2, 0) is 0 Å². The SMILES string of the molecule is Cc1cc(C(N)=S)cc(NC(C)c2ccco2)n1. The molecular formula is C13H15N3OS. The van der Waals surface area contributed by atoms with Crippen LogP contribution in [0.15, 0.2) is 34.9 Å². The van der Waals surface area contributed by atoms with E-state index >= 15 is 0 Å². The van der Waals surface area contributed by atoms with Gasteiger partial charge in [0.15, 0.2) is 0 Å². The van der Waals surface area contributed by atoms with Gasteiger partial charge >= 0.3 is 0 Å². The Hall–Kier alpha value is -1.88. The fourth-order valence-corrected chi connectivity index (χ4v) is 1.83. The predicted octanol–water partition coefficient (Wildman–Crippen LogP) is 2.79. The summed E-state index contributed by atoms with van der Waals surface area (Å²) in [5, 5.41) is 3.26. The molecule has 0 aliphatic carbocycles. The van der Waals surface area contributed by atoms with Crippen molar-refractivity contribution in [2.45, 2.75) is 19.9 Å². The molecule has 0 amide bonds. The van der Waals surface area contributed by atoms with Gasteiger partial charge in [-0.2, -0.15) is 0 Å². The minimum atomic E-state index is 0.0356. The van der Waals surface area contributed by atoms with Gasteiger partial charge in [-0.15, -0.1) is 0 Å². The highest BCUT2D eigenvalue weighted by molar-refractivity contribution is 7.80. The molecule has 0 bridgehead atoms. The van der Waals surface area contributed by atoms with Crippen LogP contribution in [0.2, 0.25) is 0 Å². The lowest BCUT2D eigenvalue weighted by molar-refractivity contribution is 0.490. The average Bonchev–Trinajstić information content (AvgIpc) is 2.81. The van der Waals surface area contributed by atoms with E-state index in [0.717, 1.165) is 22.8 Å². The second-order valence-electron chi connectivity index (χ2n) is 4.13. The highest BCUT2D eigenvalue weighted by Crippen LogP contribution is 2.19. The number of nitrogens with one attached hydrogen (secondary N) is 1. The van der Waals surface area contributed by atoms with Crippen molar-refractivity contribution in [1.82, 2.24) is 4.98 Å². The summed E-state index contributed by atoms with van der Waals surface area (Å²) in [5.41, 5.74) is 7.32. The summed E-state index contributed by atoms with van der Waals surface area (Å²) in [6.45, 7) is 3.91. The monoisotopic (exact) mass is 261 g/mol.